The molecule has 2 N–H and O–H groups in total. The van der Waals surface area contributed by atoms with Gasteiger partial charge in [-0.25, -0.2) is 4.39 Å². The van der Waals surface area contributed by atoms with E-state index in [1.54, 1.807) is 12.1 Å². The van der Waals surface area contributed by atoms with Gasteiger partial charge >= 0.3 is 0 Å². The predicted octanol–water partition coefficient (Wildman–Crippen LogP) is 1.71. The van der Waals surface area contributed by atoms with E-state index in [0.29, 0.717) is 24.0 Å². The molecular formula is C15H19FN4O2. The molecule has 2 aromatic rings. The van der Waals surface area contributed by atoms with Crippen molar-refractivity contribution in [2.24, 2.45) is 5.73 Å². The lowest BCUT2D eigenvalue weighted by Crippen LogP contribution is -2.38. The highest BCUT2D eigenvalue weighted by Crippen LogP contribution is 2.20. The zero-order valence-electron chi connectivity index (χ0n) is 12.2. The third-order valence-electron chi connectivity index (χ3n) is 3.70. The summed E-state index contributed by atoms with van der Waals surface area (Å²) < 4.78 is 23.7. The largest absolute Gasteiger partial charge is 0.490 e. The monoisotopic (exact) mass is 306 g/mol. The second-order valence-corrected chi connectivity index (χ2v) is 5.36. The Morgan fingerprint density at radius 2 is 2.00 bits per heavy atom. The molecule has 3 rings (SSSR count). The fraction of sp³-hybridized carbons (Fsp3) is 0.467. The summed E-state index contributed by atoms with van der Waals surface area (Å²) in [6, 6.07) is 6.15. The van der Waals surface area contributed by atoms with Crippen LogP contribution >= 0.6 is 0 Å². The van der Waals surface area contributed by atoms with Gasteiger partial charge in [0.15, 0.2) is 5.82 Å². The number of piperidine rings is 1. The molecule has 0 radical (unpaired) electrons. The van der Waals surface area contributed by atoms with Crippen molar-refractivity contribution >= 4 is 0 Å². The molecule has 0 amide bonds. The van der Waals surface area contributed by atoms with Gasteiger partial charge in [0.05, 0.1) is 13.1 Å². The summed E-state index contributed by atoms with van der Waals surface area (Å²) in [5.74, 6) is 1.59. The van der Waals surface area contributed by atoms with Gasteiger partial charge in [0.25, 0.3) is 0 Å². The fourth-order valence-corrected chi connectivity index (χ4v) is 2.53. The van der Waals surface area contributed by atoms with Crippen molar-refractivity contribution in [1.29, 1.82) is 0 Å². The average Bonchev–Trinajstić information content (AvgIpc) is 2.99. The zero-order valence-corrected chi connectivity index (χ0v) is 12.2. The van der Waals surface area contributed by atoms with Crippen LogP contribution in [-0.4, -0.2) is 34.2 Å². The number of nitrogens with zero attached hydrogens (tertiary/aromatic N) is 3. The maximum Gasteiger partial charge on any atom is 0.240 e. The molecule has 0 saturated carbocycles. The highest BCUT2D eigenvalue weighted by Gasteiger charge is 2.22. The van der Waals surface area contributed by atoms with Gasteiger partial charge in [0.1, 0.15) is 17.7 Å². The van der Waals surface area contributed by atoms with Gasteiger partial charge in [-0.1, -0.05) is 5.16 Å². The first-order valence-electron chi connectivity index (χ1n) is 7.39. The molecular weight excluding hydrogens is 287 g/mol. The Morgan fingerprint density at radius 1 is 1.27 bits per heavy atom. The summed E-state index contributed by atoms with van der Waals surface area (Å²) in [5.41, 5.74) is 5.45. The maximum atomic E-state index is 12.9. The van der Waals surface area contributed by atoms with Crippen LogP contribution in [0.2, 0.25) is 0 Å². The molecule has 0 unspecified atom stereocenters. The molecule has 1 aromatic carbocycles. The highest BCUT2D eigenvalue weighted by atomic mass is 19.1. The fourth-order valence-electron chi connectivity index (χ4n) is 2.53. The normalized spacial score (nSPS) is 16.8. The third-order valence-corrected chi connectivity index (χ3v) is 3.70. The second-order valence-electron chi connectivity index (χ2n) is 5.36. The Kier molecular flexibility index (Phi) is 4.65. The van der Waals surface area contributed by atoms with E-state index < -0.39 is 0 Å². The number of halogens is 1. The van der Waals surface area contributed by atoms with Crippen molar-refractivity contribution in [2.45, 2.75) is 32.0 Å². The van der Waals surface area contributed by atoms with Crippen LogP contribution in [0.4, 0.5) is 4.39 Å². The van der Waals surface area contributed by atoms with Gasteiger partial charge in [-0.2, -0.15) is 4.98 Å². The first-order chi connectivity index (χ1) is 10.7. The smallest absolute Gasteiger partial charge is 0.240 e. The number of hydrogen-bond acceptors (Lipinski definition) is 6. The van der Waals surface area contributed by atoms with Crippen molar-refractivity contribution < 1.29 is 13.7 Å². The third kappa shape index (κ3) is 3.80. The molecule has 22 heavy (non-hydrogen) atoms. The molecule has 118 valence electrons. The summed E-state index contributed by atoms with van der Waals surface area (Å²) in [7, 11) is 0. The Labute approximate surface area is 128 Å². The van der Waals surface area contributed by atoms with Crippen LogP contribution in [0.5, 0.6) is 5.75 Å². The van der Waals surface area contributed by atoms with Gasteiger partial charge in [-0.15, -0.1) is 0 Å². The summed E-state index contributed by atoms with van der Waals surface area (Å²) >= 11 is 0. The van der Waals surface area contributed by atoms with Crippen molar-refractivity contribution in [1.82, 2.24) is 15.0 Å². The van der Waals surface area contributed by atoms with E-state index in [2.05, 4.69) is 15.0 Å². The predicted molar refractivity (Wildman–Crippen MR) is 77.5 cm³/mol. The molecule has 1 saturated heterocycles. The van der Waals surface area contributed by atoms with Crippen LogP contribution in [0, 0.1) is 5.82 Å². The van der Waals surface area contributed by atoms with Crippen LogP contribution in [0.15, 0.2) is 28.8 Å². The van der Waals surface area contributed by atoms with Gasteiger partial charge < -0.3 is 15.0 Å². The molecule has 0 aliphatic carbocycles. The Hall–Kier alpha value is -1.99. The average molecular weight is 306 g/mol. The van der Waals surface area contributed by atoms with Crippen LogP contribution in [0.25, 0.3) is 0 Å². The van der Waals surface area contributed by atoms with E-state index in [9.17, 15) is 4.39 Å². The lowest BCUT2D eigenvalue weighted by Gasteiger charge is -2.31. The van der Waals surface area contributed by atoms with Crippen LogP contribution in [-0.2, 0) is 13.1 Å². The SMILES string of the molecule is NCc1nc(CN2CCC(Oc3ccc(F)cc3)CC2)no1. The summed E-state index contributed by atoms with van der Waals surface area (Å²) in [5, 5.41) is 3.90. The number of ether oxygens (including phenoxy) is 1. The first kappa shape index (κ1) is 14.9. The minimum absolute atomic E-state index is 0.159. The minimum Gasteiger partial charge on any atom is -0.490 e. The molecule has 0 bridgehead atoms. The Morgan fingerprint density at radius 3 is 2.64 bits per heavy atom. The number of rotatable bonds is 5. The molecule has 1 aromatic heterocycles. The molecule has 1 aliphatic heterocycles. The quantitative estimate of drug-likeness (QED) is 0.906. The van der Waals surface area contributed by atoms with Gasteiger partial charge in [-0.05, 0) is 37.1 Å². The lowest BCUT2D eigenvalue weighted by atomic mass is 10.1. The summed E-state index contributed by atoms with van der Waals surface area (Å²) in [6.45, 7) is 2.73. The molecule has 1 aliphatic rings. The molecule has 7 heteroatoms. The number of likely N-dealkylation sites (tertiary alicyclic amines) is 1. The Bertz CT molecular complexity index is 594. The van der Waals surface area contributed by atoms with E-state index in [-0.39, 0.29) is 18.5 Å². The van der Waals surface area contributed by atoms with Crippen molar-refractivity contribution in [3.05, 3.63) is 41.8 Å². The van der Waals surface area contributed by atoms with E-state index in [0.717, 1.165) is 25.9 Å². The number of benzene rings is 1. The van der Waals surface area contributed by atoms with Crippen LogP contribution in [0.3, 0.4) is 0 Å². The number of aromatic nitrogens is 2. The molecule has 1 fully saturated rings. The van der Waals surface area contributed by atoms with Crippen molar-refractivity contribution in [2.75, 3.05) is 13.1 Å². The summed E-state index contributed by atoms with van der Waals surface area (Å²) in [4.78, 5) is 6.47. The highest BCUT2D eigenvalue weighted by molar-refractivity contribution is 5.22. The summed E-state index contributed by atoms with van der Waals surface area (Å²) in [6.07, 6.45) is 1.99. The van der Waals surface area contributed by atoms with Crippen molar-refractivity contribution in [3.63, 3.8) is 0 Å². The topological polar surface area (TPSA) is 77.4 Å². The lowest BCUT2D eigenvalue weighted by molar-refractivity contribution is 0.0948. The first-order valence-corrected chi connectivity index (χ1v) is 7.39. The maximum absolute atomic E-state index is 12.9. The standard InChI is InChI=1S/C15H19FN4O2/c16-11-1-3-12(4-2-11)21-13-5-7-20(8-6-13)10-14-18-15(9-17)22-19-14/h1-4,13H,5-10,17H2. The van der Waals surface area contributed by atoms with Gasteiger partial charge in [0, 0.05) is 13.1 Å². The van der Waals surface area contributed by atoms with E-state index in [1.807, 2.05) is 0 Å². The second kappa shape index (κ2) is 6.85. The van der Waals surface area contributed by atoms with Crippen LogP contribution in [0.1, 0.15) is 24.6 Å². The number of nitrogens with two attached hydrogens (primary N) is 1. The van der Waals surface area contributed by atoms with Gasteiger partial charge in [-0.3, -0.25) is 4.90 Å². The Balaban J connectivity index is 1.46. The van der Waals surface area contributed by atoms with Gasteiger partial charge in [0.2, 0.25) is 5.89 Å². The van der Waals surface area contributed by atoms with E-state index in [1.165, 1.54) is 12.1 Å². The molecule has 2 heterocycles. The molecule has 0 spiro atoms. The van der Waals surface area contributed by atoms with E-state index >= 15 is 0 Å². The number of hydrogen-bond donors (Lipinski definition) is 1. The zero-order chi connectivity index (χ0) is 15.4. The molecule has 6 nitrogen and oxygen atoms in total. The van der Waals surface area contributed by atoms with E-state index in [4.69, 9.17) is 15.0 Å². The molecule has 0 atom stereocenters. The van der Waals surface area contributed by atoms with Crippen LogP contribution < -0.4 is 10.5 Å². The van der Waals surface area contributed by atoms with Crippen molar-refractivity contribution in [3.8, 4) is 5.75 Å². The minimum atomic E-state index is -0.251.